The first-order chi connectivity index (χ1) is 7.58. The fourth-order valence-corrected chi connectivity index (χ4v) is 3.00. The third-order valence-corrected chi connectivity index (χ3v) is 4.49. The van der Waals surface area contributed by atoms with Crippen molar-refractivity contribution >= 4 is 21.8 Å². The van der Waals surface area contributed by atoms with Crippen LogP contribution in [0.2, 0.25) is 0 Å². The first kappa shape index (κ1) is 14.0. The minimum Gasteiger partial charge on any atom is -0.350 e. The summed E-state index contributed by atoms with van der Waals surface area (Å²) in [5, 5.41) is 4.15. The van der Waals surface area contributed by atoms with Crippen LogP contribution in [0.25, 0.3) is 0 Å². The van der Waals surface area contributed by atoms with E-state index in [2.05, 4.69) is 35.1 Å². The van der Waals surface area contributed by atoms with Crippen LogP contribution in [0.3, 0.4) is 0 Å². The Morgan fingerprint density at radius 1 is 1.31 bits per heavy atom. The molecule has 0 bridgehead atoms. The van der Waals surface area contributed by atoms with Crippen LogP contribution in [0.5, 0.6) is 0 Å². The van der Waals surface area contributed by atoms with Crippen molar-refractivity contribution in [2.24, 2.45) is 5.92 Å². The summed E-state index contributed by atoms with van der Waals surface area (Å²) in [5.74, 6) is 0.840. The standard InChI is InChI=1S/C13H24BrNO/c1-11(2)6-7-12(16)15-13(10-14)8-4-3-5-9-13/h11H,3-10H2,1-2H3,(H,15,16). The number of hydrogen-bond donors (Lipinski definition) is 1. The van der Waals surface area contributed by atoms with E-state index in [0.29, 0.717) is 12.3 Å². The minimum atomic E-state index is 0.0479. The summed E-state index contributed by atoms with van der Waals surface area (Å²) in [7, 11) is 0. The molecule has 2 nitrogen and oxygen atoms in total. The highest BCUT2D eigenvalue weighted by molar-refractivity contribution is 9.09. The summed E-state index contributed by atoms with van der Waals surface area (Å²) in [5.41, 5.74) is 0.0479. The molecule has 1 amide bonds. The third kappa shape index (κ3) is 4.44. The summed E-state index contributed by atoms with van der Waals surface area (Å²) in [6, 6.07) is 0. The molecule has 0 spiro atoms. The van der Waals surface area contributed by atoms with E-state index < -0.39 is 0 Å². The Bertz CT molecular complexity index is 222. The summed E-state index contributed by atoms with van der Waals surface area (Å²) in [6.45, 7) is 4.32. The molecule has 1 saturated carbocycles. The van der Waals surface area contributed by atoms with E-state index in [1.54, 1.807) is 0 Å². The Balaban J connectivity index is 2.39. The fourth-order valence-electron chi connectivity index (χ4n) is 2.30. The molecule has 0 radical (unpaired) electrons. The van der Waals surface area contributed by atoms with Gasteiger partial charge in [0.2, 0.25) is 5.91 Å². The average Bonchev–Trinajstić information content (AvgIpc) is 2.28. The van der Waals surface area contributed by atoms with Crippen LogP contribution in [-0.4, -0.2) is 16.8 Å². The number of halogens is 1. The highest BCUT2D eigenvalue weighted by Crippen LogP contribution is 2.29. The molecule has 1 aliphatic rings. The maximum atomic E-state index is 11.8. The Kier molecular flexibility index (Phi) is 5.81. The average molecular weight is 290 g/mol. The lowest BCUT2D eigenvalue weighted by molar-refractivity contribution is -0.123. The van der Waals surface area contributed by atoms with Gasteiger partial charge in [0.25, 0.3) is 0 Å². The molecule has 0 saturated heterocycles. The number of carbonyl (C=O) groups excluding carboxylic acids is 1. The van der Waals surface area contributed by atoms with E-state index in [0.717, 1.165) is 24.6 Å². The summed E-state index contributed by atoms with van der Waals surface area (Å²) in [4.78, 5) is 11.8. The summed E-state index contributed by atoms with van der Waals surface area (Å²) < 4.78 is 0. The number of carbonyl (C=O) groups is 1. The van der Waals surface area contributed by atoms with Crippen molar-refractivity contribution in [3.8, 4) is 0 Å². The molecule has 0 unspecified atom stereocenters. The predicted molar refractivity (Wildman–Crippen MR) is 71.8 cm³/mol. The first-order valence-corrected chi connectivity index (χ1v) is 7.57. The predicted octanol–water partition coefficient (Wildman–Crippen LogP) is 3.64. The van der Waals surface area contributed by atoms with Gasteiger partial charge in [-0.05, 0) is 25.2 Å². The molecular formula is C13H24BrNO. The monoisotopic (exact) mass is 289 g/mol. The van der Waals surface area contributed by atoms with E-state index in [9.17, 15) is 4.79 Å². The molecule has 16 heavy (non-hydrogen) atoms. The molecule has 0 aromatic heterocycles. The molecule has 1 aliphatic carbocycles. The maximum absolute atomic E-state index is 11.8. The van der Waals surface area contributed by atoms with Gasteiger partial charge in [-0.3, -0.25) is 4.79 Å². The minimum absolute atomic E-state index is 0.0479. The van der Waals surface area contributed by atoms with Crippen molar-refractivity contribution in [1.29, 1.82) is 0 Å². The molecule has 0 aromatic carbocycles. The van der Waals surface area contributed by atoms with Crippen molar-refractivity contribution in [2.45, 2.75) is 64.3 Å². The number of rotatable bonds is 5. The fraction of sp³-hybridized carbons (Fsp3) is 0.923. The highest BCUT2D eigenvalue weighted by Gasteiger charge is 2.32. The van der Waals surface area contributed by atoms with E-state index in [1.165, 1.54) is 19.3 Å². The van der Waals surface area contributed by atoms with E-state index in [-0.39, 0.29) is 11.4 Å². The van der Waals surface area contributed by atoms with Crippen LogP contribution in [0.15, 0.2) is 0 Å². The van der Waals surface area contributed by atoms with Crippen LogP contribution >= 0.6 is 15.9 Å². The van der Waals surface area contributed by atoms with Crippen LogP contribution < -0.4 is 5.32 Å². The summed E-state index contributed by atoms with van der Waals surface area (Å²) >= 11 is 3.56. The van der Waals surface area contributed by atoms with Crippen molar-refractivity contribution in [3.05, 3.63) is 0 Å². The molecule has 0 aliphatic heterocycles. The maximum Gasteiger partial charge on any atom is 0.220 e. The Morgan fingerprint density at radius 3 is 2.44 bits per heavy atom. The van der Waals surface area contributed by atoms with Gasteiger partial charge in [-0.1, -0.05) is 49.0 Å². The molecule has 1 N–H and O–H groups in total. The number of nitrogens with one attached hydrogen (secondary N) is 1. The highest BCUT2D eigenvalue weighted by atomic mass is 79.9. The van der Waals surface area contributed by atoms with Crippen LogP contribution in [0.4, 0.5) is 0 Å². The van der Waals surface area contributed by atoms with Crippen LogP contribution in [-0.2, 0) is 4.79 Å². The van der Waals surface area contributed by atoms with Gasteiger partial charge in [-0.25, -0.2) is 0 Å². The van der Waals surface area contributed by atoms with Gasteiger partial charge in [-0.15, -0.1) is 0 Å². The largest absolute Gasteiger partial charge is 0.350 e. The van der Waals surface area contributed by atoms with Gasteiger partial charge in [-0.2, -0.15) is 0 Å². The molecular weight excluding hydrogens is 266 g/mol. The third-order valence-electron chi connectivity index (χ3n) is 3.42. The van der Waals surface area contributed by atoms with Crippen LogP contribution in [0.1, 0.15) is 58.8 Å². The van der Waals surface area contributed by atoms with E-state index in [4.69, 9.17) is 0 Å². The Labute approximate surface area is 108 Å². The zero-order valence-corrected chi connectivity index (χ0v) is 12.1. The van der Waals surface area contributed by atoms with Gasteiger partial charge in [0, 0.05) is 17.3 Å². The molecule has 0 aromatic rings. The van der Waals surface area contributed by atoms with Crippen molar-refractivity contribution in [2.75, 3.05) is 5.33 Å². The normalized spacial score (nSPS) is 19.8. The molecule has 0 atom stereocenters. The second kappa shape index (κ2) is 6.63. The van der Waals surface area contributed by atoms with Crippen molar-refractivity contribution in [3.63, 3.8) is 0 Å². The number of hydrogen-bond acceptors (Lipinski definition) is 1. The molecule has 94 valence electrons. The van der Waals surface area contributed by atoms with Gasteiger partial charge >= 0.3 is 0 Å². The number of alkyl halides is 1. The van der Waals surface area contributed by atoms with E-state index >= 15 is 0 Å². The quantitative estimate of drug-likeness (QED) is 0.770. The second-order valence-electron chi connectivity index (χ2n) is 5.46. The smallest absolute Gasteiger partial charge is 0.220 e. The summed E-state index contributed by atoms with van der Waals surface area (Å²) in [6.07, 6.45) is 7.73. The topological polar surface area (TPSA) is 29.1 Å². The van der Waals surface area contributed by atoms with Crippen molar-refractivity contribution in [1.82, 2.24) is 5.32 Å². The Hall–Kier alpha value is -0.0500. The Morgan fingerprint density at radius 2 is 1.94 bits per heavy atom. The lowest BCUT2D eigenvalue weighted by Crippen LogP contribution is -2.51. The van der Waals surface area contributed by atoms with Gasteiger partial charge in [0.05, 0.1) is 0 Å². The van der Waals surface area contributed by atoms with Crippen molar-refractivity contribution < 1.29 is 4.79 Å². The zero-order valence-electron chi connectivity index (χ0n) is 10.5. The lowest BCUT2D eigenvalue weighted by Gasteiger charge is -2.36. The molecule has 3 heteroatoms. The number of amides is 1. The molecule has 1 rings (SSSR count). The van der Waals surface area contributed by atoms with Gasteiger partial charge in [0.15, 0.2) is 0 Å². The molecule has 1 fully saturated rings. The van der Waals surface area contributed by atoms with Crippen LogP contribution in [0, 0.1) is 5.92 Å². The van der Waals surface area contributed by atoms with Gasteiger partial charge < -0.3 is 5.32 Å². The van der Waals surface area contributed by atoms with E-state index in [1.807, 2.05) is 0 Å². The molecule has 0 heterocycles. The lowest BCUT2D eigenvalue weighted by atomic mass is 9.83. The zero-order chi connectivity index (χ0) is 12.0. The second-order valence-corrected chi connectivity index (χ2v) is 6.02. The van der Waals surface area contributed by atoms with Gasteiger partial charge in [0.1, 0.15) is 0 Å². The SMILES string of the molecule is CC(C)CCC(=O)NC1(CBr)CCCCC1. The first-order valence-electron chi connectivity index (χ1n) is 6.45.